The van der Waals surface area contributed by atoms with Crippen LogP contribution in [0.3, 0.4) is 0 Å². The zero-order valence-electron chi connectivity index (χ0n) is 19.9. The van der Waals surface area contributed by atoms with Gasteiger partial charge in [0.1, 0.15) is 17.3 Å². The Morgan fingerprint density at radius 1 is 1.09 bits per heavy atom. The Kier molecular flexibility index (Phi) is 7.76. The quantitative estimate of drug-likeness (QED) is 0.354. The Labute approximate surface area is 195 Å². The van der Waals surface area contributed by atoms with Gasteiger partial charge < -0.3 is 24.4 Å². The summed E-state index contributed by atoms with van der Waals surface area (Å²) < 4.78 is 11.2. The predicted molar refractivity (Wildman–Crippen MR) is 127 cm³/mol. The highest BCUT2D eigenvalue weighted by atomic mass is 16.5. The summed E-state index contributed by atoms with van der Waals surface area (Å²) in [6.07, 6.45) is 0.704. The summed E-state index contributed by atoms with van der Waals surface area (Å²) in [4.78, 5) is 29.7. The van der Waals surface area contributed by atoms with Crippen LogP contribution in [0.1, 0.15) is 37.4 Å². The number of rotatable bonds is 9. The number of ether oxygens (including phenoxy) is 2. The van der Waals surface area contributed by atoms with Crippen molar-refractivity contribution in [3.8, 4) is 11.5 Å². The van der Waals surface area contributed by atoms with Gasteiger partial charge in [-0.3, -0.25) is 9.59 Å². The molecule has 0 unspecified atom stereocenters. The third-order valence-corrected chi connectivity index (χ3v) is 5.48. The zero-order chi connectivity index (χ0) is 24.1. The van der Waals surface area contributed by atoms with Crippen molar-refractivity contribution in [2.75, 3.05) is 34.3 Å². The second kappa shape index (κ2) is 10.5. The van der Waals surface area contributed by atoms with Gasteiger partial charge >= 0.3 is 0 Å². The first-order valence-corrected chi connectivity index (χ1v) is 11.1. The Hall–Kier alpha value is -3.32. The van der Waals surface area contributed by atoms with Gasteiger partial charge in [0.2, 0.25) is 0 Å². The Morgan fingerprint density at radius 2 is 1.76 bits per heavy atom. The molecule has 2 aromatic rings. The number of para-hydroxylation sites is 1. The van der Waals surface area contributed by atoms with Crippen LogP contribution >= 0.6 is 0 Å². The van der Waals surface area contributed by atoms with Crippen molar-refractivity contribution in [1.82, 2.24) is 9.80 Å². The number of likely N-dealkylation sites (tertiary alicyclic amines) is 1. The van der Waals surface area contributed by atoms with Crippen molar-refractivity contribution in [3.63, 3.8) is 0 Å². The molecule has 2 aromatic carbocycles. The minimum absolute atomic E-state index is 0.0162. The van der Waals surface area contributed by atoms with E-state index in [1.165, 1.54) is 4.90 Å². The van der Waals surface area contributed by atoms with Crippen molar-refractivity contribution >= 4 is 17.4 Å². The molecule has 33 heavy (non-hydrogen) atoms. The highest BCUT2D eigenvalue weighted by Gasteiger charge is 2.46. The number of Topliss-reactive ketones (excluding diaryl/α,β-unsaturated/α-hetero) is 1. The molecular formula is C26H32N2O5. The molecule has 1 amide bonds. The van der Waals surface area contributed by atoms with Crippen LogP contribution in [0.5, 0.6) is 11.5 Å². The molecule has 0 spiro atoms. The van der Waals surface area contributed by atoms with Crippen LogP contribution in [0.15, 0.2) is 54.1 Å². The van der Waals surface area contributed by atoms with Gasteiger partial charge in [-0.15, -0.1) is 0 Å². The fourth-order valence-corrected chi connectivity index (χ4v) is 4.00. The van der Waals surface area contributed by atoms with Gasteiger partial charge in [0.15, 0.2) is 0 Å². The van der Waals surface area contributed by atoms with Crippen LogP contribution in [0.4, 0.5) is 0 Å². The SMILES string of the molecule is COc1ccccc1[C@@H]1/C(=C(\O)c2ccc(OC(C)C)cc2)C(=O)C(=O)N1CCCN(C)C. The van der Waals surface area contributed by atoms with Gasteiger partial charge in [-0.25, -0.2) is 0 Å². The molecule has 0 bridgehead atoms. The fraction of sp³-hybridized carbons (Fsp3) is 0.385. The third-order valence-electron chi connectivity index (χ3n) is 5.48. The number of amides is 1. The highest BCUT2D eigenvalue weighted by Crippen LogP contribution is 2.42. The van der Waals surface area contributed by atoms with Crippen molar-refractivity contribution in [2.45, 2.75) is 32.4 Å². The number of aliphatic hydroxyl groups excluding tert-OH is 1. The smallest absolute Gasteiger partial charge is 0.295 e. The number of carbonyl (C=O) groups is 2. The molecule has 0 aliphatic carbocycles. The van der Waals surface area contributed by atoms with Gasteiger partial charge in [0.05, 0.1) is 24.8 Å². The van der Waals surface area contributed by atoms with Crippen molar-refractivity contribution < 1.29 is 24.2 Å². The molecular weight excluding hydrogens is 420 g/mol. The first kappa shape index (κ1) is 24.3. The van der Waals surface area contributed by atoms with Gasteiger partial charge in [-0.2, -0.15) is 0 Å². The molecule has 1 N–H and O–H groups in total. The van der Waals surface area contributed by atoms with Gasteiger partial charge in [0.25, 0.3) is 11.7 Å². The lowest BCUT2D eigenvalue weighted by atomic mass is 9.94. The van der Waals surface area contributed by atoms with E-state index in [1.807, 2.05) is 51.0 Å². The summed E-state index contributed by atoms with van der Waals surface area (Å²) >= 11 is 0. The van der Waals surface area contributed by atoms with Crippen molar-refractivity contribution in [3.05, 3.63) is 65.2 Å². The molecule has 176 valence electrons. The topological polar surface area (TPSA) is 79.3 Å². The molecule has 1 aliphatic heterocycles. The first-order valence-electron chi connectivity index (χ1n) is 11.1. The third kappa shape index (κ3) is 5.37. The van der Waals surface area contributed by atoms with Crippen LogP contribution in [-0.2, 0) is 9.59 Å². The van der Waals surface area contributed by atoms with Gasteiger partial charge in [-0.05, 0) is 71.2 Å². The van der Waals surface area contributed by atoms with E-state index in [1.54, 1.807) is 37.4 Å². The number of aliphatic hydroxyl groups is 1. The molecule has 1 heterocycles. The Morgan fingerprint density at radius 3 is 2.36 bits per heavy atom. The second-order valence-corrected chi connectivity index (χ2v) is 8.58. The summed E-state index contributed by atoms with van der Waals surface area (Å²) in [7, 11) is 5.46. The standard InChI is InChI=1S/C26H32N2O5/c1-17(2)33-19-13-11-18(12-14-19)24(29)22-23(20-9-6-7-10-21(20)32-5)28(26(31)25(22)30)16-8-15-27(3)4/h6-7,9-14,17,23,29H,8,15-16H2,1-5H3/b24-22+/t23-/m1/s1. The molecule has 7 heteroatoms. The Balaban J connectivity index is 2.08. The normalized spacial score (nSPS) is 17.8. The average Bonchev–Trinajstić information content (AvgIpc) is 3.03. The summed E-state index contributed by atoms with van der Waals surface area (Å²) in [6.45, 7) is 5.00. The number of methoxy groups -OCH3 is 1. The van der Waals surface area contributed by atoms with Gasteiger partial charge in [0, 0.05) is 17.7 Å². The number of ketones is 1. The number of carbonyl (C=O) groups excluding carboxylic acids is 2. The molecule has 7 nitrogen and oxygen atoms in total. The molecule has 0 saturated carbocycles. The summed E-state index contributed by atoms with van der Waals surface area (Å²) in [5, 5.41) is 11.2. The van der Waals surface area contributed by atoms with Crippen LogP contribution in [0, 0.1) is 0 Å². The summed E-state index contributed by atoms with van der Waals surface area (Å²) in [5.41, 5.74) is 1.16. The maximum atomic E-state index is 13.1. The molecule has 0 radical (unpaired) electrons. The largest absolute Gasteiger partial charge is 0.507 e. The van der Waals surface area contributed by atoms with E-state index >= 15 is 0 Å². The van der Waals surface area contributed by atoms with Crippen molar-refractivity contribution in [1.29, 1.82) is 0 Å². The first-order chi connectivity index (χ1) is 15.7. The fourth-order valence-electron chi connectivity index (χ4n) is 4.00. The number of hydrogen-bond donors (Lipinski definition) is 1. The molecule has 1 atom stereocenters. The van der Waals surface area contributed by atoms with E-state index in [9.17, 15) is 14.7 Å². The van der Waals surface area contributed by atoms with E-state index in [0.717, 1.165) is 6.54 Å². The van der Waals surface area contributed by atoms with Crippen LogP contribution < -0.4 is 9.47 Å². The molecule has 1 aliphatic rings. The predicted octanol–water partition coefficient (Wildman–Crippen LogP) is 3.86. The van der Waals surface area contributed by atoms with E-state index < -0.39 is 17.7 Å². The molecule has 3 rings (SSSR count). The van der Waals surface area contributed by atoms with Crippen molar-refractivity contribution in [2.24, 2.45) is 0 Å². The van der Waals surface area contributed by atoms with E-state index in [0.29, 0.717) is 35.6 Å². The lowest BCUT2D eigenvalue weighted by molar-refractivity contribution is -0.140. The lowest BCUT2D eigenvalue weighted by Gasteiger charge is -2.27. The summed E-state index contributed by atoms with van der Waals surface area (Å²) in [5.74, 6) is -0.322. The second-order valence-electron chi connectivity index (χ2n) is 8.58. The van der Waals surface area contributed by atoms with E-state index in [4.69, 9.17) is 9.47 Å². The molecule has 1 fully saturated rings. The zero-order valence-corrected chi connectivity index (χ0v) is 19.9. The van der Waals surface area contributed by atoms with Crippen LogP contribution in [0.25, 0.3) is 5.76 Å². The number of hydrogen-bond acceptors (Lipinski definition) is 6. The lowest BCUT2D eigenvalue weighted by Crippen LogP contribution is -2.32. The monoisotopic (exact) mass is 452 g/mol. The average molecular weight is 453 g/mol. The Bertz CT molecular complexity index is 1030. The maximum Gasteiger partial charge on any atom is 0.295 e. The highest BCUT2D eigenvalue weighted by molar-refractivity contribution is 6.46. The van der Waals surface area contributed by atoms with Gasteiger partial charge in [-0.1, -0.05) is 18.2 Å². The minimum atomic E-state index is -0.741. The molecule has 1 saturated heterocycles. The number of benzene rings is 2. The molecule has 0 aromatic heterocycles. The van der Waals surface area contributed by atoms with Crippen LogP contribution in [0.2, 0.25) is 0 Å². The summed E-state index contributed by atoms with van der Waals surface area (Å²) in [6, 6.07) is 13.4. The van der Waals surface area contributed by atoms with E-state index in [-0.39, 0.29) is 17.4 Å². The maximum absolute atomic E-state index is 13.1. The van der Waals surface area contributed by atoms with E-state index in [2.05, 4.69) is 0 Å². The van der Waals surface area contributed by atoms with Crippen LogP contribution in [-0.4, -0.2) is 67.0 Å². The minimum Gasteiger partial charge on any atom is -0.507 e. The number of nitrogens with zero attached hydrogens (tertiary/aromatic N) is 2.